The van der Waals surface area contributed by atoms with Crippen molar-refractivity contribution in [2.24, 2.45) is 7.05 Å². The Bertz CT molecular complexity index is 514. The summed E-state index contributed by atoms with van der Waals surface area (Å²) in [4.78, 5) is 0. The summed E-state index contributed by atoms with van der Waals surface area (Å²) < 4.78 is 4.36. The van der Waals surface area contributed by atoms with Gasteiger partial charge in [0.15, 0.2) is 24.8 Å². The molecule has 2 heterocycles. The molecule has 0 spiro atoms. The molecule has 0 aliphatic heterocycles. The summed E-state index contributed by atoms with van der Waals surface area (Å²) in [5, 5.41) is 0. The van der Waals surface area contributed by atoms with E-state index < -0.39 is 0 Å². The van der Waals surface area contributed by atoms with Gasteiger partial charge in [0.1, 0.15) is 13.6 Å². The smallest absolute Gasteiger partial charge is 0.169 e. The molecule has 2 aromatic heterocycles. The van der Waals surface area contributed by atoms with E-state index in [9.17, 15) is 0 Å². The molecule has 0 saturated carbocycles. The van der Waals surface area contributed by atoms with Crippen molar-refractivity contribution in [1.29, 1.82) is 0 Å². The monoisotopic (exact) mass is 284 g/mol. The van der Waals surface area contributed by atoms with E-state index in [1.807, 2.05) is 7.05 Å². The molecule has 2 aromatic rings. The third-order valence-electron chi connectivity index (χ3n) is 3.97. The largest absolute Gasteiger partial charge is 0.208 e. The maximum atomic E-state index is 2.30. The van der Waals surface area contributed by atoms with Crippen molar-refractivity contribution in [3.8, 4) is 11.1 Å². The van der Waals surface area contributed by atoms with E-state index in [0.29, 0.717) is 0 Å². The molecule has 0 unspecified atom stereocenters. The fraction of sp³-hybridized carbons (Fsp3) is 0.474. The van der Waals surface area contributed by atoms with E-state index in [1.165, 1.54) is 49.7 Å². The van der Waals surface area contributed by atoms with Gasteiger partial charge in [-0.1, -0.05) is 32.6 Å². The van der Waals surface area contributed by atoms with Gasteiger partial charge in [-0.15, -0.1) is 0 Å². The normalized spacial score (nSPS) is 10.8. The van der Waals surface area contributed by atoms with Crippen molar-refractivity contribution in [2.45, 2.75) is 52.0 Å². The first-order valence-electron chi connectivity index (χ1n) is 8.24. The molecule has 0 aliphatic rings. The molecule has 2 rings (SSSR count). The highest BCUT2D eigenvalue weighted by Gasteiger charge is 2.04. The highest BCUT2D eigenvalue weighted by molar-refractivity contribution is 5.60. The number of nitrogens with zero attached hydrogens (tertiary/aromatic N) is 2. The van der Waals surface area contributed by atoms with Crippen LogP contribution in [0, 0.1) is 0 Å². The molecule has 0 saturated heterocycles. The number of hydrogen-bond acceptors (Lipinski definition) is 0. The maximum absolute atomic E-state index is 2.30. The third-order valence-corrected chi connectivity index (χ3v) is 3.97. The minimum Gasteiger partial charge on any atom is -0.208 e. The lowest BCUT2D eigenvalue weighted by atomic mass is 10.1. The molecule has 0 radical (unpaired) electrons. The van der Waals surface area contributed by atoms with Crippen molar-refractivity contribution in [3.05, 3.63) is 49.1 Å². The minimum atomic E-state index is 1.14. The van der Waals surface area contributed by atoms with Crippen molar-refractivity contribution in [1.82, 2.24) is 0 Å². The highest BCUT2D eigenvalue weighted by atomic mass is 14.9. The summed E-state index contributed by atoms with van der Waals surface area (Å²) in [5.74, 6) is 0. The number of aromatic nitrogens is 2. The van der Waals surface area contributed by atoms with Crippen LogP contribution in [0.5, 0.6) is 0 Å². The Morgan fingerprint density at radius 3 is 1.86 bits per heavy atom. The Balaban J connectivity index is 1.80. The summed E-state index contributed by atoms with van der Waals surface area (Å²) in [7, 11) is 2.04. The number of rotatable bonds is 8. The maximum Gasteiger partial charge on any atom is 0.169 e. The molecule has 112 valence electrons. The molecular formula is C19H28N2+2. The van der Waals surface area contributed by atoms with Crippen LogP contribution in [0.2, 0.25) is 0 Å². The zero-order valence-corrected chi connectivity index (χ0v) is 13.5. The molecular weight excluding hydrogens is 256 g/mol. The Labute approximate surface area is 129 Å². The summed E-state index contributed by atoms with van der Waals surface area (Å²) in [6, 6.07) is 8.75. The number of unbranched alkanes of at least 4 members (excludes halogenated alkanes) is 5. The number of hydrogen-bond donors (Lipinski definition) is 0. The molecule has 0 fully saturated rings. The summed E-state index contributed by atoms with van der Waals surface area (Å²) in [6.45, 7) is 3.40. The molecule has 0 N–H and O–H groups in total. The third kappa shape index (κ3) is 5.30. The first-order valence-corrected chi connectivity index (χ1v) is 8.24. The minimum absolute atomic E-state index is 1.14. The second-order valence-corrected chi connectivity index (χ2v) is 5.84. The van der Waals surface area contributed by atoms with Gasteiger partial charge >= 0.3 is 0 Å². The molecule has 21 heavy (non-hydrogen) atoms. The molecule has 2 heteroatoms. The van der Waals surface area contributed by atoms with Crippen LogP contribution in [0.25, 0.3) is 11.1 Å². The average molecular weight is 284 g/mol. The van der Waals surface area contributed by atoms with Gasteiger partial charge in [0.25, 0.3) is 0 Å². The van der Waals surface area contributed by atoms with Gasteiger partial charge in [0.2, 0.25) is 0 Å². The first kappa shape index (κ1) is 15.7. The standard InChI is InChI=1S/C19H28N2/c1-3-4-5-6-7-8-13-21-16-11-19(12-17-21)18-9-14-20(2)15-10-18/h9-12,14-17H,3-8,13H2,1-2H3/q+2. The lowest BCUT2D eigenvalue weighted by Gasteiger charge is -2.01. The fourth-order valence-electron chi connectivity index (χ4n) is 2.57. The Morgan fingerprint density at radius 2 is 1.24 bits per heavy atom. The van der Waals surface area contributed by atoms with Gasteiger partial charge in [0, 0.05) is 30.7 Å². The molecule has 0 amide bonds. The zero-order valence-electron chi connectivity index (χ0n) is 13.5. The van der Waals surface area contributed by atoms with Crippen LogP contribution >= 0.6 is 0 Å². The van der Waals surface area contributed by atoms with Crippen molar-refractivity contribution in [2.75, 3.05) is 0 Å². The van der Waals surface area contributed by atoms with Crippen LogP contribution in [-0.4, -0.2) is 0 Å². The van der Waals surface area contributed by atoms with E-state index in [1.54, 1.807) is 0 Å². The molecule has 2 nitrogen and oxygen atoms in total. The number of pyridine rings is 2. The fourth-order valence-corrected chi connectivity index (χ4v) is 2.57. The lowest BCUT2D eigenvalue weighted by Crippen LogP contribution is -2.32. The lowest BCUT2D eigenvalue weighted by molar-refractivity contribution is -0.697. The van der Waals surface area contributed by atoms with Crippen LogP contribution < -0.4 is 9.13 Å². The van der Waals surface area contributed by atoms with Crippen LogP contribution in [0.4, 0.5) is 0 Å². The second-order valence-electron chi connectivity index (χ2n) is 5.84. The Kier molecular flexibility index (Phi) is 6.39. The summed E-state index contributed by atoms with van der Waals surface area (Å²) >= 11 is 0. The van der Waals surface area contributed by atoms with Crippen LogP contribution in [-0.2, 0) is 13.6 Å². The van der Waals surface area contributed by atoms with Gasteiger partial charge in [-0.3, -0.25) is 0 Å². The molecule has 0 aliphatic carbocycles. The van der Waals surface area contributed by atoms with Crippen LogP contribution in [0.15, 0.2) is 49.1 Å². The van der Waals surface area contributed by atoms with Crippen LogP contribution in [0.1, 0.15) is 45.4 Å². The Hall–Kier alpha value is -1.70. The van der Waals surface area contributed by atoms with Crippen molar-refractivity contribution in [3.63, 3.8) is 0 Å². The van der Waals surface area contributed by atoms with Crippen LogP contribution in [0.3, 0.4) is 0 Å². The van der Waals surface area contributed by atoms with E-state index in [-0.39, 0.29) is 0 Å². The first-order chi connectivity index (χ1) is 10.3. The van der Waals surface area contributed by atoms with Gasteiger partial charge in [0.05, 0.1) is 0 Å². The van der Waals surface area contributed by atoms with E-state index >= 15 is 0 Å². The predicted molar refractivity (Wildman–Crippen MR) is 86.6 cm³/mol. The van der Waals surface area contributed by atoms with E-state index in [2.05, 4.69) is 65.1 Å². The highest BCUT2D eigenvalue weighted by Crippen LogP contribution is 2.15. The Morgan fingerprint density at radius 1 is 0.714 bits per heavy atom. The number of aryl methyl sites for hydroxylation is 2. The van der Waals surface area contributed by atoms with E-state index in [0.717, 1.165) is 6.54 Å². The van der Waals surface area contributed by atoms with Gasteiger partial charge in [-0.2, -0.15) is 0 Å². The zero-order chi connectivity index (χ0) is 14.9. The molecule has 0 bridgehead atoms. The average Bonchev–Trinajstić information content (AvgIpc) is 2.52. The van der Waals surface area contributed by atoms with Gasteiger partial charge < -0.3 is 0 Å². The van der Waals surface area contributed by atoms with Gasteiger partial charge in [-0.05, 0) is 17.5 Å². The topological polar surface area (TPSA) is 7.76 Å². The van der Waals surface area contributed by atoms with Gasteiger partial charge in [-0.25, -0.2) is 9.13 Å². The van der Waals surface area contributed by atoms with Crippen molar-refractivity contribution < 1.29 is 9.13 Å². The molecule has 0 atom stereocenters. The second kappa shape index (κ2) is 8.56. The quantitative estimate of drug-likeness (QED) is 0.514. The summed E-state index contributed by atoms with van der Waals surface area (Å²) in [6.07, 6.45) is 16.7. The molecule has 0 aromatic carbocycles. The SMILES string of the molecule is CCCCCCCC[n+]1ccc(-c2cc[n+](C)cc2)cc1. The summed E-state index contributed by atoms with van der Waals surface area (Å²) in [5.41, 5.74) is 2.56. The predicted octanol–water partition coefficient (Wildman–Crippen LogP) is 3.83. The van der Waals surface area contributed by atoms with Crippen molar-refractivity contribution >= 4 is 0 Å². The van der Waals surface area contributed by atoms with E-state index in [4.69, 9.17) is 0 Å².